The highest BCUT2D eigenvalue weighted by atomic mass is 32.1. The molecule has 4 aromatic rings. The Morgan fingerprint density at radius 2 is 2.02 bits per heavy atom. The largest absolute Gasteiger partial charge is 0.496 e. The van der Waals surface area contributed by atoms with Crippen LogP contribution in [0, 0.1) is 12.7 Å². The van der Waals surface area contributed by atoms with E-state index in [1.165, 1.54) is 41.2 Å². The molecule has 4 heterocycles. The van der Waals surface area contributed by atoms with Gasteiger partial charge in [-0.1, -0.05) is 11.3 Å². The first-order chi connectivity index (χ1) is 18.9. The Morgan fingerprint density at radius 3 is 2.62 bits per heavy atom. The van der Waals surface area contributed by atoms with Gasteiger partial charge in [-0.25, -0.2) is 13.9 Å². The van der Waals surface area contributed by atoms with Crippen molar-refractivity contribution in [2.24, 2.45) is 0 Å². The predicted molar refractivity (Wildman–Crippen MR) is 146 cm³/mol. The number of hydrogen-bond acceptors (Lipinski definition) is 9. The summed E-state index contributed by atoms with van der Waals surface area (Å²) in [5, 5.41) is 25.2. The molecule has 1 aliphatic rings. The summed E-state index contributed by atoms with van der Waals surface area (Å²) in [6.45, 7) is 6.40. The molecule has 2 N–H and O–H groups in total. The third kappa shape index (κ3) is 4.88. The number of methoxy groups -OCH3 is 1. The van der Waals surface area contributed by atoms with E-state index in [1.807, 2.05) is 0 Å². The zero-order chi connectivity index (χ0) is 28.9. The Labute approximate surface area is 232 Å². The monoisotopic (exact) mass is 574 g/mol. The van der Waals surface area contributed by atoms with Crippen molar-refractivity contribution in [2.75, 3.05) is 13.7 Å². The van der Waals surface area contributed by atoms with Crippen LogP contribution in [0.5, 0.6) is 5.75 Å². The maximum absolute atomic E-state index is 14.4. The maximum Gasteiger partial charge on any atom is 0.332 e. The fourth-order valence-corrected chi connectivity index (χ4v) is 6.22. The Morgan fingerprint density at radius 1 is 1.30 bits per heavy atom. The first-order valence-corrected chi connectivity index (χ1v) is 13.5. The summed E-state index contributed by atoms with van der Waals surface area (Å²) in [5.74, 6) is -0.193. The van der Waals surface area contributed by atoms with Gasteiger partial charge >= 0.3 is 5.69 Å². The average Bonchev–Trinajstić information content (AvgIpc) is 3.26. The van der Waals surface area contributed by atoms with Crippen LogP contribution >= 0.6 is 11.3 Å². The number of aryl methyl sites for hydroxylation is 1. The summed E-state index contributed by atoms with van der Waals surface area (Å²) >= 11 is 1.21. The maximum atomic E-state index is 14.4. The predicted octanol–water partition coefficient (Wildman–Crippen LogP) is 2.46. The van der Waals surface area contributed by atoms with E-state index in [9.17, 15) is 24.2 Å². The van der Waals surface area contributed by atoms with Crippen LogP contribution in [0.4, 0.5) is 4.39 Å². The molecule has 0 saturated carbocycles. The second-order valence-corrected chi connectivity index (χ2v) is 11.3. The van der Waals surface area contributed by atoms with Gasteiger partial charge in [-0.15, -0.1) is 0 Å². The minimum atomic E-state index is -1.20. The number of ether oxygens (including phenoxy) is 3. The third-order valence-corrected chi connectivity index (χ3v) is 8.37. The number of epoxide rings is 1. The van der Waals surface area contributed by atoms with Crippen molar-refractivity contribution in [1.82, 2.24) is 18.9 Å². The van der Waals surface area contributed by atoms with E-state index in [4.69, 9.17) is 14.2 Å². The Bertz CT molecular complexity index is 1660. The zero-order valence-electron chi connectivity index (χ0n) is 22.7. The smallest absolute Gasteiger partial charge is 0.332 e. The fraction of sp³-hybridized carbons (Fsp3) is 0.444. The van der Waals surface area contributed by atoms with Crippen LogP contribution in [0.3, 0.4) is 0 Å². The minimum absolute atomic E-state index is 0.0997. The van der Waals surface area contributed by atoms with Gasteiger partial charge in [0.25, 0.3) is 5.56 Å². The molecule has 3 aromatic heterocycles. The van der Waals surface area contributed by atoms with E-state index < -0.39 is 47.2 Å². The lowest BCUT2D eigenvalue weighted by Gasteiger charge is -2.27. The molecule has 11 nitrogen and oxygen atoms in total. The van der Waals surface area contributed by atoms with E-state index >= 15 is 0 Å². The van der Waals surface area contributed by atoms with Gasteiger partial charge < -0.3 is 24.4 Å². The van der Waals surface area contributed by atoms with Crippen LogP contribution < -0.4 is 16.0 Å². The van der Waals surface area contributed by atoms with E-state index in [-0.39, 0.29) is 13.2 Å². The molecule has 0 spiro atoms. The number of rotatable bonds is 10. The van der Waals surface area contributed by atoms with Gasteiger partial charge in [0.15, 0.2) is 6.29 Å². The molecule has 40 heavy (non-hydrogen) atoms. The molecule has 13 heteroatoms. The molecule has 0 radical (unpaired) electrons. The summed E-state index contributed by atoms with van der Waals surface area (Å²) in [6, 6.07) is 5.72. The quantitative estimate of drug-likeness (QED) is 0.276. The molecule has 1 saturated heterocycles. The molecule has 0 bridgehead atoms. The number of aromatic nitrogens is 4. The molecule has 1 aliphatic heterocycles. The van der Waals surface area contributed by atoms with Crippen molar-refractivity contribution in [1.29, 1.82) is 0 Å². The normalized spacial score (nSPS) is 18.7. The number of aliphatic hydroxyl groups is 2. The van der Waals surface area contributed by atoms with Crippen LogP contribution in [0.15, 0.2) is 46.2 Å². The van der Waals surface area contributed by atoms with Crippen molar-refractivity contribution >= 4 is 21.6 Å². The highest BCUT2D eigenvalue weighted by Crippen LogP contribution is 2.37. The van der Waals surface area contributed by atoms with Crippen molar-refractivity contribution in [3.63, 3.8) is 0 Å². The molecule has 0 aliphatic carbocycles. The van der Waals surface area contributed by atoms with Crippen LogP contribution in [-0.4, -0.2) is 61.3 Å². The van der Waals surface area contributed by atoms with E-state index in [1.54, 1.807) is 50.8 Å². The van der Waals surface area contributed by atoms with Crippen molar-refractivity contribution < 1.29 is 28.8 Å². The Balaban J connectivity index is 1.77. The van der Waals surface area contributed by atoms with Gasteiger partial charge in [0, 0.05) is 23.5 Å². The standard InChI is InChI=1S/C27H31FN4O7S/c1-14(33)13-38-19(17-11-16(28)7-8-18(17)37-5)12-30-24-20(15(2)23(40-24)31-10-6-9-29-31)22(34)32(26(30)36)27(3,4)21-25(35)39-21/h6-11,14,19,21,25,33,35H,12-13H2,1-5H3/t14-,19-,21?,25?/m0/s1. The molecular weight excluding hydrogens is 543 g/mol. The van der Waals surface area contributed by atoms with Gasteiger partial charge in [0.2, 0.25) is 0 Å². The summed E-state index contributed by atoms with van der Waals surface area (Å²) in [4.78, 5) is 28.5. The summed E-state index contributed by atoms with van der Waals surface area (Å²) in [5.41, 5.74) is -1.42. The number of nitrogens with zero attached hydrogens (tertiary/aromatic N) is 4. The molecule has 0 amide bonds. The first kappa shape index (κ1) is 28.2. The molecule has 2 unspecified atom stereocenters. The second-order valence-electron chi connectivity index (χ2n) is 10.4. The van der Waals surface area contributed by atoms with E-state index in [0.717, 1.165) is 4.57 Å². The van der Waals surface area contributed by atoms with Crippen LogP contribution in [0.1, 0.15) is 38.0 Å². The number of aliphatic hydroxyl groups excluding tert-OH is 2. The number of thiophene rings is 1. The van der Waals surface area contributed by atoms with E-state index in [2.05, 4.69) is 5.10 Å². The lowest BCUT2D eigenvalue weighted by atomic mass is 10.00. The highest BCUT2D eigenvalue weighted by Gasteiger charge is 2.51. The molecular formula is C27H31FN4O7S. The van der Waals surface area contributed by atoms with Crippen molar-refractivity contribution in [2.45, 2.75) is 64.4 Å². The highest BCUT2D eigenvalue weighted by molar-refractivity contribution is 7.21. The zero-order valence-corrected chi connectivity index (χ0v) is 23.5. The van der Waals surface area contributed by atoms with Crippen LogP contribution in [0.2, 0.25) is 0 Å². The van der Waals surface area contributed by atoms with E-state index in [0.29, 0.717) is 32.1 Å². The molecule has 1 fully saturated rings. The summed E-state index contributed by atoms with van der Waals surface area (Å²) < 4.78 is 35.3. The topological polar surface area (TPSA) is 133 Å². The van der Waals surface area contributed by atoms with Gasteiger partial charge in [-0.3, -0.25) is 13.9 Å². The first-order valence-electron chi connectivity index (χ1n) is 12.7. The number of hydrogen-bond donors (Lipinski definition) is 2. The Hall–Kier alpha value is -3.36. The third-order valence-electron chi connectivity index (χ3n) is 7.07. The molecule has 214 valence electrons. The fourth-order valence-electron chi connectivity index (χ4n) is 4.98. The van der Waals surface area contributed by atoms with Crippen LogP contribution in [-0.2, 0) is 21.6 Å². The molecule has 5 rings (SSSR count). The summed E-state index contributed by atoms with van der Waals surface area (Å²) in [7, 11) is 1.44. The van der Waals surface area contributed by atoms with Gasteiger partial charge in [0.05, 0.1) is 37.3 Å². The SMILES string of the molecule is COc1ccc(F)cc1[C@H](Cn1c(=O)n(C(C)(C)C2OC2O)c(=O)c2c(C)c(-n3cccn3)sc21)OC[C@H](C)O. The van der Waals surface area contributed by atoms with Crippen molar-refractivity contribution in [3.05, 3.63) is 74.4 Å². The molecule has 1 aromatic carbocycles. The second kappa shape index (κ2) is 10.6. The lowest BCUT2D eigenvalue weighted by molar-refractivity contribution is -0.0126. The van der Waals surface area contributed by atoms with Crippen LogP contribution in [0.25, 0.3) is 15.2 Å². The minimum Gasteiger partial charge on any atom is -0.496 e. The average molecular weight is 575 g/mol. The number of fused-ring (bicyclic) bond motifs is 1. The number of halogens is 1. The van der Waals surface area contributed by atoms with Gasteiger partial charge in [-0.2, -0.15) is 5.10 Å². The Kier molecular flexibility index (Phi) is 7.44. The lowest BCUT2D eigenvalue weighted by Crippen LogP contribution is -2.52. The molecule has 4 atom stereocenters. The summed E-state index contributed by atoms with van der Waals surface area (Å²) in [6.07, 6.45) is -0.293. The van der Waals surface area contributed by atoms with Gasteiger partial charge in [-0.05, 0) is 52.0 Å². The van der Waals surface area contributed by atoms with Crippen molar-refractivity contribution in [3.8, 4) is 10.8 Å². The number of benzene rings is 1. The van der Waals surface area contributed by atoms with Gasteiger partial charge in [0.1, 0.15) is 33.6 Å².